The van der Waals surface area contributed by atoms with Crippen molar-refractivity contribution in [1.82, 2.24) is 4.90 Å². The van der Waals surface area contributed by atoms with Crippen molar-refractivity contribution in [2.45, 2.75) is 19.8 Å². The first kappa shape index (κ1) is 6.09. The van der Waals surface area contributed by atoms with Gasteiger partial charge in [-0.2, -0.15) is 0 Å². The van der Waals surface area contributed by atoms with Gasteiger partial charge in [-0.25, -0.2) is 0 Å². The fourth-order valence-electron chi connectivity index (χ4n) is 1.23. The Morgan fingerprint density at radius 1 is 1.62 bits per heavy atom. The average molecular weight is 111 g/mol. The van der Waals surface area contributed by atoms with E-state index in [0.717, 1.165) is 19.0 Å². The van der Waals surface area contributed by atoms with Gasteiger partial charge in [-0.1, -0.05) is 6.92 Å². The van der Waals surface area contributed by atoms with Gasteiger partial charge in [-0.3, -0.25) is 4.90 Å². The molecular weight excluding hydrogens is 98.1 g/mol. The standard InChI is InChI=1S/C7H13N/c1-7-4-3-5-8(2)6-7/h2,7H,3-6H2,1H3. The summed E-state index contributed by atoms with van der Waals surface area (Å²) in [6.07, 6.45) is 2.63. The van der Waals surface area contributed by atoms with Crippen LogP contribution >= 0.6 is 0 Å². The molecule has 2 radical (unpaired) electrons. The molecule has 0 N–H and O–H groups in total. The SMILES string of the molecule is [CH]N1CCCC(C)C1. The molecule has 1 fully saturated rings. The lowest BCUT2D eigenvalue weighted by molar-refractivity contribution is 0.244. The molecule has 0 amide bonds. The second-order valence-electron chi connectivity index (χ2n) is 2.74. The molecule has 0 aliphatic carbocycles. The molecule has 1 saturated heterocycles. The molecule has 1 heteroatoms. The Balaban J connectivity index is 2.23. The van der Waals surface area contributed by atoms with Crippen molar-refractivity contribution >= 4 is 0 Å². The van der Waals surface area contributed by atoms with Crippen LogP contribution in [0.5, 0.6) is 0 Å². The van der Waals surface area contributed by atoms with Crippen LogP contribution in [0.4, 0.5) is 0 Å². The number of piperidine rings is 1. The molecular formula is C7H13N. The van der Waals surface area contributed by atoms with Crippen molar-refractivity contribution in [1.29, 1.82) is 0 Å². The second kappa shape index (κ2) is 2.49. The van der Waals surface area contributed by atoms with E-state index in [0.29, 0.717) is 0 Å². The van der Waals surface area contributed by atoms with Crippen LogP contribution in [0.25, 0.3) is 0 Å². The lowest BCUT2D eigenvalue weighted by Gasteiger charge is -2.26. The van der Waals surface area contributed by atoms with E-state index in [2.05, 4.69) is 6.92 Å². The van der Waals surface area contributed by atoms with Crippen molar-refractivity contribution in [3.05, 3.63) is 7.05 Å². The molecule has 46 valence electrons. The zero-order chi connectivity index (χ0) is 5.98. The maximum atomic E-state index is 5.56. The zero-order valence-corrected chi connectivity index (χ0v) is 5.43. The average Bonchev–Trinajstić information content (AvgIpc) is 1.64. The molecule has 1 atom stereocenters. The van der Waals surface area contributed by atoms with Crippen LogP contribution in [-0.4, -0.2) is 18.0 Å². The van der Waals surface area contributed by atoms with Gasteiger partial charge in [0.1, 0.15) is 0 Å². The molecule has 0 bridgehead atoms. The van der Waals surface area contributed by atoms with Crippen LogP contribution in [0.15, 0.2) is 0 Å². The quantitative estimate of drug-likeness (QED) is 0.456. The molecule has 1 aliphatic heterocycles. The number of hydrogen-bond acceptors (Lipinski definition) is 1. The largest absolute Gasteiger partial charge is 0.297 e. The normalized spacial score (nSPS) is 33.0. The Bertz CT molecular complexity index is 62.8. The third kappa shape index (κ3) is 1.48. The van der Waals surface area contributed by atoms with E-state index in [1.807, 2.05) is 4.90 Å². The fraction of sp³-hybridized carbons (Fsp3) is 0.857. The zero-order valence-electron chi connectivity index (χ0n) is 5.43. The first-order chi connectivity index (χ1) is 3.79. The predicted molar refractivity (Wildman–Crippen MR) is 34.3 cm³/mol. The fourth-order valence-corrected chi connectivity index (χ4v) is 1.23. The summed E-state index contributed by atoms with van der Waals surface area (Å²) in [5.41, 5.74) is 0. The summed E-state index contributed by atoms with van der Waals surface area (Å²) in [5, 5.41) is 0. The number of nitrogens with zero attached hydrogens (tertiary/aromatic N) is 1. The Hall–Kier alpha value is -0.0400. The summed E-state index contributed by atoms with van der Waals surface area (Å²) in [7, 11) is 5.56. The molecule has 1 nitrogen and oxygen atoms in total. The second-order valence-corrected chi connectivity index (χ2v) is 2.74. The summed E-state index contributed by atoms with van der Waals surface area (Å²) in [6.45, 7) is 4.42. The molecule has 0 aromatic carbocycles. The Morgan fingerprint density at radius 3 is 2.75 bits per heavy atom. The highest BCUT2D eigenvalue weighted by Crippen LogP contribution is 2.13. The Labute approximate surface area is 51.7 Å². The van der Waals surface area contributed by atoms with E-state index >= 15 is 0 Å². The topological polar surface area (TPSA) is 3.24 Å². The lowest BCUT2D eigenvalue weighted by atomic mass is 10.0. The highest BCUT2D eigenvalue weighted by molar-refractivity contribution is 4.67. The third-order valence-electron chi connectivity index (χ3n) is 1.69. The van der Waals surface area contributed by atoms with Gasteiger partial charge in [0.05, 0.1) is 0 Å². The Kier molecular flexibility index (Phi) is 1.90. The first-order valence-electron chi connectivity index (χ1n) is 3.28. The van der Waals surface area contributed by atoms with Crippen molar-refractivity contribution in [3.8, 4) is 0 Å². The lowest BCUT2D eigenvalue weighted by Crippen LogP contribution is -2.28. The Morgan fingerprint density at radius 2 is 2.38 bits per heavy atom. The van der Waals surface area contributed by atoms with E-state index in [9.17, 15) is 0 Å². The van der Waals surface area contributed by atoms with E-state index in [-0.39, 0.29) is 0 Å². The summed E-state index contributed by atoms with van der Waals surface area (Å²) < 4.78 is 0. The minimum atomic E-state index is 0.814. The van der Waals surface area contributed by atoms with Crippen LogP contribution < -0.4 is 0 Å². The van der Waals surface area contributed by atoms with Crippen LogP contribution in [0.3, 0.4) is 0 Å². The molecule has 0 aromatic heterocycles. The molecule has 0 aromatic rings. The summed E-state index contributed by atoms with van der Waals surface area (Å²) in [6, 6.07) is 0. The molecule has 1 heterocycles. The van der Waals surface area contributed by atoms with Crippen LogP contribution in [-0.2, 0) is 0 Å². The predicted octanol–water partition coefficient (Wildman–Crippen LogP) is 1.39. The van der Waals surface area contributed by atoms with E-state index in [4.69, 9.17) is 7.05 Å². The van der Waals surface area contributed by atoms with Crippen molar-refractivity contribution < 1.29 is 0 Å². The minimum absolute atomic E-state index is 0.814. The van der Waals surface area contributed by atoms with Crippen molar-refractivity contribution in [2.75, 3.05) is 13.1 Å². The summed E-state index contributed by atoms with van der Waals surface area (Å²) in [4.78, 5) is 1.91. The van der Waals surface area contributed by atoms with Crippen molar-refractivity contribution in [3.63, 3.8) is 0 Å². The van der Waals surface area contributed by atoms with Gasteiger partial charge in [0.15, 0.2) is 0 Å². The van der Waals surface area contributed by atoms with E-state index in [1.54, 1.807) is 0 Å². The molecule has 8 heavy (non-hydrogen) atoms. The van der Waals surface area contributed by atoms with Gasteiger partial charge in [-0.15, -0.1) is 0 Å². The summed E-state index contributed by atoms with van der Waals surface area (Å²) >= 11 is 0. The van der Waals surface area contributed by atoms with Crippen LogP contribution in [0.1, 0.15) is 19.8 Å². The van der Waals surface area contributed by atoms with Gasteiger partial charge in [0.2, 0.25) is 0 Å². The number of rotatable bonds is 0. The summed E-state index contributed by atoms with van der Waals surface area (Å²) in [5.74, 6) is 0.814. The highest BCUT2D eigenvalue weighted by atomic mass is 15.1. The van der Waals surface area contributed by atoms with Gasteiger partial charge in [0, 0.05) is 13.6 Å². The smallest absolute Gasteiger partial charge is 0.0438 e. The number of hydrogen-bond donors (Lipinski definition) is 0. The minimum Gasteiger partial charge on any atom is -0.297 e. The van der Waals surface area contributed by atoms with E-state index in [1.165, 1.54) is 12.8 Å². The van der Waals surface area contributed by atoms with Crippen LogP contribution in [0.2, 0.25) is 0 Å². The van der Waals surface area contributed by atoms with Gasteiger partial charge < -0.3 is 0 Å². The first-order valence-corrected chi connectivity index (χ1v) is 3.28. The third-order valence-corrected chi connectivity index (χ3v) is 1.69. The van der Waals surface area contributed by atoms with Gasteiger partial charge in [0.25, 0.3) is 0 Å². The number of likely N-dealkylation sites (tertiary alicyclic amines) is 1. The molecule has 0 spiro atoms. The monoisotopic (exact) mass is 111 g/mol. The molecule has 0 saturated carbocycles. The molecule has 1 unspecified atom stereocenters. The highest BCUT2D eigenvalue weighted by Gasteiger charge is 2.11. The maximum Gasteiger partial charge on any atom is 0.0438 e. The van der Waals surface area contributed by atoms with Gasteiger partial charge >= 0.3 is 0 Å². The van der Waals surface area contributed by atoms with Gasteiger partial charge in [-0.05, 0) is 25.3 Å². The van der Waals surface area contributed by atoms with Crippen molar-refractivity contribution in [2.24, 2.45) is 5.92 Å². The maximum absolute atomic E-state index is 5.56. The van der Waals surface area contributed by atoms with E-state index < -0.39 is 0 Å². The van der Waals surface area contributed by atoms with Crippen LogP contribution in [0, 0.1) is 13.0 Å². The molecule has 1 rings (SSSR count). The molecule has 1 aliphatic rings.